The second kappa shape index (κ2) is 6.57. The van der Waals surface area contributed by atoms with E-state index in [2.05, 4.69) is 5.32 Å². The maximum absolute atomic E-state index is 12.1. The first-order valence-corrected chi connectivity index (χ1v) is 7.77. The summed E-state index contributed by atoms with van der Waals surface area (Å²) >= 11 is 0. The number of nitrogens with one attached hydrogen (secondary N) is 1. The molecule has 0 radical (unpaired) electrons. The van der Waals surface area contributed by atoms with Crippen LogP contribution >= 0.6 is 0 Å². The van der Waals surface area contributed by atoms with Crippen LogP contribution in [-0.2, 0) is 14.6 Å². The number of rotatable bonds is 7. The highest BCUT2D eigenvalue weighted by Crippen LogP contribution is 2.26. The summed E-state index contributed by atoms with van der Waals surface area (Å²) in [5.41, 5.74) is 0. The van der Waals surface area contributed by atoms with Gasteiger partial charge in [-0.25, -0.2) is 8.42 Å². The van der Waals surface area contributed by atoms with Crippen molar-refractivity contribution in [3.05, 3.63) is 0 Å². The first-order chi connectivity index (χ1) is 7.61. The molecule has 5 heteroatoms. The molecule has 1 rings (SSSR count). The SMILES string of the molecule is CCNC1CCCC1S(=O)(=O)CCCOC. The van der Waals surface area contributed by atoms with E-state index in [-0.39, 0.29) is 17.0 Å². The van der Waals surface area contributed by atoms with Crippen LogP contribution in [0.1, 0.15) is 32.6 Å². The molecule has 0 aromatic carbocycles. The van der Waals surface area contributed by atoms with Gasteiger partial charge in [-0.05, 0) is 25.8 Å². The summed E-state index contributed by atoms with van der Waals surface area (Å²) in [6.45, 7) is 3.39. The van der Waals surface area contributed by atoms with Crippen LogP contribution in [0.4, 0.5) is 0 Å². The summed E-state index contributed by atoms with van der Waals surface area (Å²) in [7, 11) is -1.35. The Morgan fingerprint density at radius 3 is 2.75 bits per heavy atom. The molecule has 1 aliphatic rings. The lowest BCUT2D eigenvalue weighted by Gasteiger charge is -2.20. The van der Waals surface area contributed by atoms with Crippen molar-refractivity contribution in [2.45, 2.75) is 43.9 Å². The Balaban J connectivity index is 2.53. The zero-order valence-corrected chi connectivity index (χ0v) is 11.1. The zero-order chi connectivity index (χ0) is 12.0. The normalized spacial score (nSPS) is 26.1. The van der Waals surface area contributed by atoms with Gasteiger partial charge in [-0.1, -0.05) is 13.3 Å². The molecule has 96 valence electrons. The van der Waals surface area contributed by atoms with E-state index < -0.39 is 9.84 Å². The van der Waals surface area contributed by atoms with E-state index in [9.17, 15) is 8.42 Å². The maximum atomic E-state index is 12.1. The van der Waals surface area contributed by atoms with Crippen LogP contribution in [-0.4, -0.2) is 45.7 Å². The lowest BCUT2D eigenvalue weighted by Crippen LogP contribution is -2.41. The lowest BCUT2D eigenvalue weighted by molar-refractivity contribution is 0.199. The van der Waals surface area contributed by atoms with E-state index in [4.69, 9.17) is 4.74 Å². The summed E-state index contributed by atoms with van der Waals surface area (Å²) in [4.78, 5) is 0. The average Bonchev–Trinajstić information content (AvgIpc) is 2.67. The molecule has 0 spiro atoms. The fraction of sp³-hybridized carbons (Fsp3) is 1.00. The Bertz CT molecular complexity index is 290. The fourth-order valence-corrected chi connectivity index (χ4v) is 4.49. The monoisotopic (exact) mass is 249 g/mol. The number of sulfone groups is 1. The second-order valence-electron chi connectivity index (χ2n) is 4.35. The highest BCUT2D eigenvalue weighted by Gasteiger charge is 2.36. The predicted molar refractivity (Wildman–Crippen MR) is 65.4 cm³/mol. The molecular weight excluding hydrogens is 226 g/mol. The van der Waals surface area contributed by atoms with Gasteiger partial charge in [0.25, 0.3) is 0 Å². The van der Waals surface area contributed by atoms with Crippen molar-refractivity contribution < 1.29 is 13.2 Å². The van der Waals surface area contributed by atoms with Crippen molar-refractivity contribution in [2.75, 3.05) is 26.0 Å². The largest absolute Gasteiger partial charge is 0.385 e. The molecule has 2 unspecified atom stereocenters. The van der Waals surface area contributed by atoms with Gasteiger partial charge in [-0.2, -0.15) is 0 Å². The minimum atomic E-state index is -2.95. The quantitative estimate of drug-likeness (QED) is 0.683. The van der Waals surface area contributed by atoms with E-state index in [1.54, 1.807) is 7.11 Å². The van der Waals surface area contributed by atoms with Gasteiger partial charge in [0.15, 0.2) is 9.84 Å². The molecule has 16 heavy (non-hydrogen) atoms. The standard InChI is InChI=1S/C11H23NO3S/c1-3-12-10-6-4-7-11(10)16(13,14)9-5-8-15-2/h10-12H,3-9H2,1-2H3. The van der Waals surface area contributed by atoms with Crippen LogP contribution in [0.3, 0.4) is 0 Å². The predicted octanol–water partition coefficient (Wildman–Crippen LogP) is 0.968. The first-order valence-electron chi connectivity index (χ1n) is 6.05. The maximum Gasteiger partial charge on any atom is 0.154 e. The van der Waals surface area contributed by atoms with Crippen molar-refractivity contribution in [2.24, 2.45) is 0 Å². The van der Waals surface area contributed by atoms with E-state index >= 15 is 0 Å². The van der Waals surface area contributed by atoms with Crippen molar-refractivity contribution in [3.8, 4) is 0 Å². The number of ether oxygens (including phenoxy) is 1. The molecule has 0 aromatic rings. The number of methoxy groups -OCH3 is 1. The molecule has 4 nitrogen and oxygen atoms in total. The minimum absolute atomic E-state index is 0.164. The molecule has 0 bridgehead atoms. The van der Waals surface area contributed by atoms with Crippen LogP contribution in [0.5, 0.6) is 0 Å². The van der Waals surface area contributed by atoms with Crippen LogP contribution in [0.15, 0.2) is 0 Å². The second-order valence-corrected chi connectivity index (χ2v) is 6.69. The van der Waals surface area contributed by atoms with E-state index in [0.717, 1.165) is 25.8 Å². The average molecular weight is 249 g/mol. The Labute approximate surface area is 98.7 Å². The van der Waals surface area contributed by atoms with Gasteiger partial charge in [0.1, 0.15) is 0 Å². The molecule has 1 saturated carbocycles. The highest BCUT2D eigenvalue weighted by atomic mass is 32.2. The third-order valence-corrected chi connectivity index (χ3v) is 5.50. The minimum Gasteiger partial charge on any atom is -0.385 e. The number of hydrogen-bond acceptors (Lipinski definition) is 4. The van der Waals surface area contributed by atoms with Gasteiger partial charge in [-0.15, -0.1) is 0 Å². The first kappa shape index (κ1) is 13.9. The van der Waals surface area contributed by atoms with Crippen molar-refractivity contribution in [3.63, 3.8) is 0 Å². The van der Waals surface area contributed by atoms with Crippen molar-refractivity contribution in [1.29, 1.82) is 0 Å². The van der Waals surface area contributed by atoms with Gasteiger partial charge in [0.05, 0.1) is 11.0 Å². The Morgan fingerprint density at radius 2 is 2.12 bits per heavy atom. The number of hydrogen-bond donors (Lipinski definition) is 1. The highest BCUT2D eigenvalue weighted by molar-refractivity contribution is 7.92. The van der Waals surface area contributed by atoms with Crippen molar-refractivity contribution in [1.82, 2.24) is 5.32 Å². The van der Waals surface area contributed by atoms with Crippen LogP contribution in [0.2, 0.25) is 0 Å². The molecule has 0 heterocycles. The Hall–Kier alpha value is -0.130. The van der Waals surface area contributed by atoms with Gasteiger partial charge < -0.3 is 10.1 Å². The van der Waals surface area contributed by atoms with E-state index in [1.807, 2.05) is 6.92 Å². The Kier molecular flexibility index (Phi) is 5.72. The molecule has 0 aliphatic heterocycles. The molecular formula is C11H23NO3S. The summed E-state index contributed by atoms with van der Waals surface area (Å²) in [6, 6.07) is 0.164. The Morgan fingerprint density at radius 1 is 1.38 bits per heavy atom. The molecule has 2 atom stereocenters. The summed E-state index contributed by atoms with van der Waals surface area (Å²) in [6.07, 6.45) is 3.43. The zero-order valence-electron chi connectivity index (χ0n) is 10.2. The summed E-state index contributed by atoms with van der Waals surface area (Å²) in [5, 5.41) is 3.10. The van der Waals surface area contributed by atoms with Crippen LogP contribution in [0, 0.1) is 0 Å². The van der Waals surface area contributed by atoms with E-state index in [0.29, 0.717) is 13.0 Å². The third-order valence-electron chi connectivity index (χ3n) is 3.16. The van der Waals surface area contributed by atoms with Gasteiger partial charge in [0, 0.05) is 19.8 Å². The van der Waals surface area contributed by atoms with Crippen LogP contribution < -0.4 is 5.32 Å². The smallest absolute Gasteiger partial charge is 0.154 e. The lowest BCUT2D eigenvalue weighted by atomic mass is 10.2. The third kappa shape index (κ3) is 3.71. The molecule has 0 saturated heterocycles. The van der Waals surface area contributed by atoms with E-state index in [1.165, 1.54) is 0 Å². The van der Waals surface area contributed by atoms with Crippen molar-refractivity contribution >= 4 is 9.84 Å². The van der Waals surface area contributed by atoms with Gasteiger partial charge in [0.2, 0.25) is 0 Å². The molecule has 0 aromatic heterocycles. The molecule has 1 aliphatic carbocycles. The van der Waals surface area contributed by atoms with Gasteiger partial charge in [-0.3, -0.25) is 0 Å². The van der Waals surface area contributed by atoms with Crippen LogP contribution in [0.25, 0.3) is 0 Å². The summed E-state index contributed by atoms with van der Waals surface area (Å²) < 4.78 is 29.1. The summed E-state index contributed by atoms with van der Waals surface area (Å²) in [5.74, 6) is 0.257. The topological polar surface area (TPSA) is 55.4 Å². The molecule has 0 amide bonds. The molecule has 1 fully saturated rings. The fourth-order valence-electron chi connectivity index (χ4n) is 2.41. The molecule has 1 N–H and O–H groups in total. The van der Waals surface area contributed by atoms with Gasteiger partial charge >= 0.3 is 0 Å².